The van der Waals surface area contributed by atoms with E-state index in [2.05, 4.69) is 0 Å². The summed E-state index contributed by atoms with van der Waals surface area (Å²) < 4.78 is 12.9. The molecule has 1 saturated carbocycles. The van der Waals surface area contributed by atoms with Gasteiger partial charge in [-0.15, -0.1) is 0 Å². The van der Waals surface area contributed by atoms with Gasteiger partial charge in [-0.2, -0.15) is 0 Å². The second-order valence-electron chi connectivity index (χ2n) is 5.88. The van der Waals surface area contributed by atoms with Crippen molar-refractivity contribution < 1.29 is 14.3 Å². The molecule has 4 heteroatoms. The minimum atomic E-state index is -0.328. The van der Waals surface area contributed by atoms with Gasteiger partial charge in [-0.25, -0.2) is 4.39 Å². The second kappa shape index (κ2) is 5.52. The third kappa shape index (κ3) is 2.44. The van der Waals surface area contributed by atoms with Gasteiger partial charge in [0.2, 0.25) is 0 Å². The summed E-state index contributed by atoms with van der Waals surface area (Å²) >= 11 is 0. The molecule has 0 bridgehead atoms. The van der Waals surface area contributed by atoms with Gasteiger partial charge >= 0.3 is 0 Å². The fraction of sp³-hybridized carbons (Fsp3) is 0.562. The van der Waals surface area contributed by atoms with E-state index >= 15 is 0 Å². The van der Waals surface area contributed by atoms with Crippen LogP contribution in [0.5, 0.6) is 0 Å². The van der Waals surface area contributed by atoms with E-state index in [9.17, 15) is 14.3 Å². The minimum absolute atomic E-state index is 0.0356. The van der Waals surface area contributed by atoms with Crippen LogP contribution in [0.3, 0.4) is 0 Å². The summed E-state index contributed by atoms with van der Waals surface area (Å²) in [4.78, 5) is 14.4. The Morgan fingerprint density at radius 2 is 1.90 bits per heavy atom. The molecular weight excluding hydrogens is 257 g/mol. The van der Waals surface area contributed by atoms with Crippen molar-refractivity contribution in [1.29, 1.82) is 0 Å². The van der Waals surface area contributed by atoms with Crippen molar-refractivity contribution in [3.8, 4) is 0 Å². The molecule has 1 N–H and O–H groups in total. The first kappa shape index (κ1) is 13.6. The number of nitrogens with zero attached hydrogens (tertiary/aromatic N) is 1. The normalized spacial score (nSPS) is 29.9. The summed E-state index contributed by atoms with van der Waals surface area (Å²) in [5.41, 5.74) is 0.533. The van der Waals surface area contributed by atoms with Gasteiger partial charge < -0.3 is 10.0 Å². The quantitative estimate of drug-likeness (QED) is 0.902. The summed E-state index contributed by atoms with van der Waals surface area (Å²) in [7, 11) is 0. The summed E-state index contributed by atoms with van der Waals surface area (Å²) in [6.45, 7) is 0.740. The molecule has 1 saturated heterocycles. The Bertz CT molecular complexity index is 488. The SMILES string of the molecule is O=C(c1ccc(F)cc1)N1CCCC1C1CCCC1O. The first-order valence-electron chi connectivity index (χ1n) is 7.41. The number of rotatable bonds is 2. The highest BCUT2D eigenvalue weighted by Crippen LogP contribution is 2.36. The molecule has 1 aromatic carbocycles. The standard InChI is InChI=1S/C16H20FNO2/c17-12-8-6-11(7-9-12)16(20)18-10-2-4-14(18)13-3-1-5-15(13)19/h6-9,13-15,19H,1-5,10H2. The summed E-state index contributed by atoms with van der Waals surface area (Å²) in [6.07, 6.45) is 4.57. The van der Waals surface area contributed by atoms with Crippen LogP contribution in [-0.4, -0.2) is 34.6 Å². The maximum atomic E-state index is 12.9. The average molecular weight is 277 g/mol. The van der Waals surface area contributed by atoms with Gasteiger partial charge in [0, 0.05) is 24.1 Å². The molecule has 20 heavy (non-hydrogen) atoms. The third-order valence-electron chi connectivity index (χ3n) is 4.68. The Hall–Kier alpha value is -1.42. The minimum Gasteiger partial charge on any atom is -0.393 e. The van der Waals surface area contributed by atoms with E-state index in [1.165, 1.54) is 24.3 Å². The molecule has 1 aromatic rings. The molecule has 108 valence electrons. The summed E-state index contributed by atoms with van der Waals surface area (Å²) in [6, 6.07) is 5.87. The lowest BCUT2D eigenvalue weighted by Crippen LogP contribution is -2.42. The summed E-state index contributed by atoms with van der Waals surface area (Å²) in [5, 5.41) is 10.1. The molecule has 0 spiro atoms. The van der Waals surface area contributed by atoms with Crippen molar-refractivity contribution in [2.75, 3.05) is 6.54 Å². The molecule has 3 nitrogen and oxygen atoms in total. The lowest BCUT2D eigenvalue weighted by Gasteiger charge is -2.31. The number of hydrogen-bond acceptors (Lipinski definition) is 2. The number of amides is 1. The number of carbonyl (C=O) groups is 1. The monoisotopic (exact) mass is 277 g/mol. The fourth-order valence-electron chi connectivity index (χ4n) is 3.67. The Morgan fingerprint density at radius 3 is 2.55 bits per heavy atom. The molecular formula is C16H20FNO2. The van der Waals surface area contributed by atoms with Crippen molar-refractivity contribution in [2.45, 2.75) is 44.2 Å². The molecule has 3 unspecified atom stereocenters. The van der Waals surface area contributed by atoms with Crippen molar-refractivity contribution in [2.24, 2.45) is 5.92 Å². The first-order valence-corrected chi connectivity index (χ1v) is 7.41. The molecule has 3 rings (SSSR count). The van der Waals surface area contributed by atoms with E-state index in [-0.39, 0.29) is 29.8 Å². The number of benzene rings is 1. The van der Waals surface area contributed by atoms with E-state index in [1.807, 2.05) is 4.90 Å². The first-order chi connectivity index (χ1) is 9.66. The van der Waals surface area contributed by atoms with Gasteiger partial charge in [0.25, 0.3) is 5.91 Å². The Morgan fingerprint density at radius 1 is 1.15 bits per heavy atom. The molecule has 1 heterocycles. The zero-order valence-corrected chi connectivity index (χ0v) is 11.5. The zero-order chi connectivity index (χ0) is 14.1. The molecule has 1 aliphatic heterocycles. The van der Waals surface area contributed by atoms with Crippen molar-refractivity contribution in [1.82, 2.24) is 4.90 Å². The van der Waals surface area contributed by atoms with Gasteiger partial charge in [0.1, 0.15) is 5.82 Å². The van der Waals surface area contributed by atoms with Crippen LogP contribution >= 0.6 is 0 Å². The van der Waals surface area contributed by atoms with Gasteiger partial charge in [-0.3, -0.25) is 4.79 Å². The van der Waals surface area contributed by atoms with Crippen molar-refractivity contribution in [3.63, 3.8) is 0 Å². The number of aliphatic hydroxyl groups is 1. The van der Waals surface area contributed by atoms with E-state index < -0.39 is 0 Å². The van der Waals surface area contributed by atoms with Gasteiger partial charge in [0.05, 0.1) is 6.10 Å². The maximum Gasteiger partial charge on any atom is 0.254 e. The Labute approximate surface area is 118 Å². The highest BCUT2D eigenvalue weighted by Gasteiger charge is 2.40. The van der Waals surface area contributed by atoms with Crippen LogP contribution in [0.15, 0.2) is 24.3 Å². The van der Waals surface area contributed by atoms with E-state index in [4.69, 9.17) is 0 Å². The van der Waals surface area contributed by atoms with Gasteiger partial charge in [-0.1, -0.05) is 6.42 Å². The number of likely N-dealkylation sites (tertiary alicyclic amines) is 1. The van der Waals surface area contributed by atoms with Gasteiger partial charge in [0.15, 0.2) is 0 Å². The third-order valence-corrected chi connectivity index (χ3v) is 4.68. The smallest absolute Gasteiger partial charge is 0.254 e. The van der Waals surface area contributed by atoms with E-state index in [0.29, 0.717) is 5.56 Å². The largest absolute Gasteiger partial charge is 0.393 e. The topological polar surface area (TPSA) is 40.5 Å². The van der Waals surface area contributed by atoms with E-state index in [1.54, 1.807) is 0 Å². The van der Waals surface area contributed by atoms with Crippen LogP contribution in [0.4, 0.5) is 4.39 Å². The average Bonchev–Trinajstić information content (AvgIpc) is 3.07. The lowest BCUT2D eigenvalue weighted by molar-refractivity contribution is 0.0528. The fourth-order valence-corrected chi connectivity index (χ4v) is 3.67. The van der Waals surface area contributed by atoms with Crippen LogP contribution in [0.25, 0.3) is 0 Å². The van der Waals surface area contributed by atoms with Crippen LogP contribution < -0.4 is 0 Å². The Balaban J connectivity index is 1.78. The zero-order valence-electron chi connectivity index (χ0n) is 11.5. The number of carbonyl (C=O) groups excluding carboxylic acids is 1. The predicted octanol–water partition coefficient (Wildman–Crippen LogP) is 2.59. The molecule has 1 aliphatic carbocycles. The number of aliphatic hydroxyl groups excluding tert-OH is 1. The molecule has 1 amide bonds. The van der Waals surface area contributed by atoms with Gasteiger partial charge in [-0.05, 0) is 49.9 Å². The highest BCUT2D eigenvalue weighted by atomic mass is 19.1. The number of halogens is 1. The van der Waals surface area contributed by atoms with Crippen LogP contribution in [-0.2, 0) is 0 Å². The maximum absolute atomic E-state index is 12.9. The lowest BCUT2D eigenvalue weighted by atomic mass is 9.93. The molecule has 0 radical (unpaired) electrons. The van der Waals surface area contributed by atoms with Crippen LogP contribution in [0.2, 0.25) is 0 Å². The molecule has 0 aromatic heterocycles. The second-order valence-corrected chi connectivity index (χ2v) is 5.88. The van der Waals surface area contributed by atoms with Crippen LogP contribution in [0, 0.1) is 11.7 Å². The molecule has 2 fully saturated rings. The van der Waals surface area contributed by atoms with Crippen LogP contribution in [0.1, 0.15) is 42.5 Å². The molecule has 3 atom stereocenters. The summed E-state index contributed by atoms with van der Waals surface area (Å²) in [5.74, 6) is -0.153. The number of hydrogen-bond donors (Lipinski definition) is 1. The van der Waals surface area contributed by atoms with E-state index in [0.717, 1.165) is 38.6 Å². The molecule has 2 aliphatic rings. The predicted molar refractivity (Wildman–Crippen MR) is 73.8 cm³/mol. The Kier molecular flexibility index (Phi) is 3.74. The van der Waals surface area contributed by atoms with Crippen molar-refractivity contribution in [3.05, 3.63) is 35.6 Å². The van der Waals surface area contributed by atoms with Crippen molar-refractivity contribution >= 4 is 5.91 Å². The highest BCUT2D eigenvalue weighted by molar-refractivity contribution is 5.94.